The average molecular weight is 342 g/mol. The van der Waals surface area contributed by atoms with E-state index in [4.69, 9.17) is 4.74 Å². The van der Waals surface area contributed by atoms with Gasteiger partial charge in [0.1, 0.15) is 6.10 Å². The quantitative estimate of drug-likeness (QED) is 0.543. The maximum Gasteiger partial charge on any atom is 0.303 e. The van der Waals surface area contributed by atoms with Crippen molar-refractivity contribution in [2.24, 2.45) is 29.1 Å². The summed E-state index contributed by atoms with van der Waals surface area (Å²) in [5.41, 5.74) is 2.93. The van der Waals surface area contributed by atoms with Crippen molar-refractivity contribution in [3.63, 3.8) is 0 Å². The minimum absolute atomic E-state index is 0.196. The molecule has 4 rings (SSSR count). The lowest BCUT2D eigenvalue weighted by molar-refractivity contribution is -0.145. The van der Waals surface area contributed by atoms with Crippen LogP contribution < -0.4 is 0 Å². The second-order valence-corrected chi connectivity index (χ2v) is 8.79. The van der Waals surface area contributed by atoms with Crippen molar-refractivity contribution in [2.45, 2.75) is 71.8 Å². The number of carbonyl (C=O) groups excluding carboxylic acids is 2. The van der Waals surface area contributed by atoms with Crippen LogP contribution in [0.5, 0.6) is 0 Å². The monoisotopic (exact) mass is 342 g/mol. The number of hydrogen-bond donors (Lipinski definition) is 0. The van der Waals surface area contributed by atoms with Gasteiger partial charge in [-0.15, -0.1) is 0 Å². The summed E-state index contributed by atoms with van der Waals surface area (Å²) in [6.45, 7) is 6.17. The Labute approximate surface area is 150 Å². The Hall–Kier alpha value is -1.38. The fourth-order valence-corrected chi connectivity index (χ4v) is 6.60. The lowest BCUT2D eigenvalue weighted by atomic mass is 9.51. The van der Waals surface area contributed by atoms with Gasteiger partial charge in [-0.2, -0.15) is 0 Å². The number of ether oxygens (including phenoxy) is 1. The van der Waals surface area contributed by atoms with E-state index in [1.54, 1.807) is 5.57 Å². The number of Topliss-reactive ketones (excluding diaryl/α,β-unsaturated/α-hetero) is 1. The molecule has 0 aromatic carbocycles. The van der Waals surface area contributed by atoms with Crippen LogP contribution in [0.15, 0.2) is 23.3 Å². The summed E-state index contributed by atoms with van der Waals surface area (Å²) >= 11 is 0. The lowest BCUT2D eigenvalue weighted by Gasteiger charge is -2.53. The average Bonchev–Trinajstić information content (AvgIpc) is 2.91. The number of rotatable bonds is 2. The molecule has 0 N–H and O–H groups in total. The molecule has 2 saturated carbocycles. The van der Waals surface area contributed by atoms with Gasteiger partial charge in [-0.3, -0.25) is 9.59 Å². The molecule has 0 aromatic rings. The molecule has 6 atom stereocenters. The van der Waals surface area contributed by atoms with Crippen LogP contribution in [0.1, 0.15) is 65.7 Å². The van der Waals surface area contributed by atoms with Crippen LogP contribution in [0.2, 0.25) is 0 Å². The molecule has 4 aliphatic rings. The molecule has 3 heteroatoms. The Morgan fingerprint density at radius 3 is 2.80 bits per heavy atom. The zero-order valence-electron chi connectivity index (χ0n) is 15.7. The topological polar surface area (TPSA) is 43.4 Å². The van der Waals surface area contributed by atoms with Gasteiger partial charge in [-0.1, -0.05) is 25.5 Å². The first-order valence-corrected chi connectivity index (χ1v) is 10.1. The first-order chi connectivity index (χ1) is 11.9. The van der Waals surface area contributed by atoms with Crippen LogP contribution in [-0.4, -0.2) is 17.9 Å². The Kier molecular flexibility index (Phi) is 4.16. The van der Waals surface area contributed by atoms with Crippen LogP contribution in [0.3, 0.4) is 0 Å². The van der Waals surface area contributed by atoms with Crippen LogP contribution in [0.4, 0.5) is 0 Å². The van der Waals surface area contributed by atoms with E-state index in [1.165, 1.54) is 19.8 Å². The predicted octanol–water partition coefficient (Wildman–Crippen LogP) is 4.62. The smallest absolute Gasteiger partial charge is 0.303 e. The standard InChI is InChI=1S/C22H30O3/c1-4-14-5-8-20-18-12-21(24)19-11-15(25-13(2)23)6-7-16(19)17(18)9-10-22(14,20)3/h5,11,15-18,20H,4,6-10,12H2,1-3H3/t15?,16-,17?,18?,20?,22+/m0/s1. The third-order valence-electron chi connectivity index (χ3n) is 7.72. The van der Waals surface area contributed by atoms with Gasteiger partial charge in [0.15, 0.2) is 5.78 Å². The summed E-state index contributed by atoms with van der Waals surface area (Å²) in [4.78, 5) is 24.2. The summed E-state index contributed by atoms with van der Waals surface area (Å²) in [5, 5.41) is 0. The van der Waals surface area contributed by atoms with Crippen molar-refractivity contribution >= 4 is 11.8 Å². The number of hydrogen-bond acceptors (Lipinski definition) is 3. The first kappa shape index (κ1) is 17.1. The molecule has 0 heterocycles. The van der Waals surface area contributed by atoms with Crippen molar-refractivity contribution in [1.29, 1.82) is 0 Å². The Morgan fingerprint density at radius 1 is 1.28 bits per heavy atom. The molecule has 0 aromatic heterocycles. The normalized spacial score (nSPS) is 42.7. The zero-order chi connectivity index (χ0) is 17.8. The predicted molar refractivity (Wildman–Crippen MR) is 96.8 cm³/mol. The third kappa shape index (κ3) is 2.62. The van der Waals surface area contributed by atoms with Crippen LogP contribution in [0.25, 0.3) is 0 Å². The molecule has 0 spiro atoms. The van der Waals surface area contributed by atoms with Gasteiger partial charge >= 0.3 is 5.97 Å². The van der Waals surface area contributed by atoms with E-state index >= 15 is 0 Å². The summed E-state index contributed by atoms with van der Waals surface area (Å²) in [6.07, 6.45) is 11.6. The molecule has 0 aliphatic heterocycles. The van der Waals surface area contributed by atoms with Crippen molar-refractivity contribution in [1.82, 2.24) is 0 Å². The first-order valence-electron chi connectivity index (χ1n) is 10.1. The SMILES string of the molecule is CCC1=CCC2C3CC(=O)C4=CC(OC(C)=O)CC[C@H]4C3CC[C@]12C. The highest BCUT2D eigenvalue weighted by Crippen LogP contribution is 2.61. The van der Waals surface area contributed by atoms with Gasteiger partial charge in [0, 0.05) is 13.3 Å². The van der Waals surface area contributed by atoms with E-state index in [1.807, 2.05) is 6.08 Å². The number of esters is 1. The molecule has 2 fully saturated rings. The van der Waals surface area contributed by atoms with Crippen molar-refractivity contribution in [2.75, 3.05) is 0 Å². The molecule has 0 amide bonds. The molecule has 25 heavy (non-hydrogen) atoms. The number of ketones is 1. The molecule has 4 aliphatic carbocycles. The minimum atomic E-state index is -0.251. The maximum atomic E-state index is 12.9. The van der Waals surface area contributed by atoms with Gasteiger partial charge in [0.05, 0.1) is 0 Å². The molecule has 3 nitrogen and oxygen atoms in total. The molecule has 4 unspecified atom stereocenters. The molecular weight excluding hydrogens is 312 g/mol. The van der Waals surface area contributed by atoms with Gasteiger partial charge < -0.3 is 4.74 Å². The second kappa shape index (κ2) is 6.10. The highest BCUT2D eigenvalue weighted by Gasteiger charge is 2.54. The summed E-state index contributed by atoms with van der Waals surface area (Å²) in [6, 6.07) is 0. The Balaban J connectivity index is 1.59. The van der Waals surface area contributed by atoms with Crippen LogP contribution >= 0.6 is 0 Å². The highest BCUT2D eigenvalue weighted by atomic mass is 16.5. The zero-order valence-corrected chi connectivity index (χ0v) is 15.7. The van der Waals surface area contributed by atoms with Gasteiger partial charge in [-0.05, 0) is 79.3 Å². The van der Waals surface area contributed by atoms with E-state index in [2.05, 4.69) is 19.9 Å². The second-order valence-electron chi connectivity index (χ2n) is 8.79. The number of fused-ring (bicyclic) bond motifs is 5. The van der Waals surface area contributed by atoms with E-state index in [0.717, 1.165) is 31.3 Å². The van der Waals surface area contributed by atoms with E-state index < -0.39 is 0 Å². The van der Waals surface area contributed by atoms with Gasteiger partial charge in [0.2, 0.25) is 0 Å². The Bertz CT molecular complexity index is 658. The van der Waals surface area contributed by atoms with Crippen molar-refractivity contribution < 1.29 is 14.3 Å². The van der Waals surface area contributed by atoms with Crippen molar-refractivity contribution in [3.05, 3.63) is 23.3 Å². The van der Waals surface area contributed by atoms with E-state index in [-0.39, 0.29) is 12.1 Å². The Morgan fingerprint density at radius 2 is 2.08 bits per heavy atom. The van der Waals surface area contributed by atoms with Crippen molar-refractivity contribution in [3.8, 4) is 0 Å². The largest absolute Gasteiger partial charge is 0.458 e. The fraction of sp³-hybridized carbons (Fsp3) is 0.727. The summed E-state index contributed by atoms with van der Waals surface area (Å²) in [7, 11) is 0. The van der Waals surface area contributed by atoms with Gasteiger partial charge in [-0.25, -0.2) is 0 Å². The van der Waals surface area contributed by atoms with Crippen LogP contribution in [-0.2, 0) is 14.3 Å². The molecule has 0 saturated heterocycles. The number of carbonyl (C=O) groups is 2. The minimum Gasteiger partial charge on any atom is -0.458 e. The van der Waals surface area contributed by atoms with E-state index in [9.17, 15) is 9.59 Å². The number of allylic oxidation sites excluding steroid dienone is 3. The van der Waals surface area contributed by atoms with Gasteiger partial charge in [0.25, 0.3) is 0 Å². The van der Waals surface area contributed by atoms with E-state index in [0.29, 0.717) is 41.3 Å². The summed E-state index contributed by atoms with van der Waals surface area (Å²) < 4.78 is 5.36. The molecular formula is C22H30O3. The third-order valence-corrected chi connectivity index (χ3v) is 7.72. The molecule has 0 radical (unpaired) electrons. The fourth-order valence-electron chi connectivity index (χ4n) is 6.60. The molecule has 136 valence electrons. The molecule has 0 bridgehead atoms. The highest BCUT2D eigenvalue weighted by molar-refractivity contribution is 5.97. The van der Waals surface area contributed by atoms with Crippen LogP contribution in [0, 0.1) is 29.1 Å². The summed E-state index contributed by atoms with van der Waals surface area (Å²) in [5.74, 6) is 2.30. The maximum absolute atomic E-state index is 12.9. The lowest BCUT2D eigenvalue weighted by Crippen LogP contribution is -2.48.